The average Bonchev–Trinajstić information content (AvgIpc) is 3.19. The highest BCUT2D eigenvalue weighted by molar-refractivity contribution is 5.91. The molecule has 0 saturated heterocycles. The minimum Gasteiger partial charge on any atom is -0.345 e. The first-order valence-electron chi connectivity index (χ1n) is 7.57. The van der Waals surface area contributed by atoms with Gasteiger partial charge in [-0.3, -0.25) is 4.68 Å². The smallest absolute Gasteiger partial charge is 0.160 e. The van der Waals surface area contributed by atoms with Crippen LogP contribution >= 0.6 is 0 Å². The number of nitriles is 1. The molecule has 3 aromatic rings. The van der Waals surface area contributed by atoms with Gasteiger partial charge in [0.2, 0.25) is 0 Å². The lowest BCUT2D eigenvalue weighted by Gasteiger charge is -2.01. The van der Waals surface area contributed by atoms with Crippen LogP contribution in [0.1, 0.15) is 32.1 Å². The monoisotopic (exact) mass is 294 g/mol. The zero-order chi connectivity index (χ0) is 15.2. The fourth-order valence-corrected chi connectivity index (χ4v) is 2.56. The Labute approximate surface area is 128 Å². The molecule has 0 unspecified atom stereocenters. The van der Waals surface area contributed by atoms with Gasteiger partial charge in [-0.15, -0.1) is 5.10 Å². The molecule has 6 heteroatoms. The lowest BCUT2D eigenvalue weighted by atomic mass is 10.1. The summed E-state index contributed by atoms with van der Waals surface area (Å²) in [5.74, 6) is 0. The summed E-state index contributed by atoms with van der Waals surface area (Å²) in [6.07, 6.45) is 12.6. The van der Waals surface area contributed by atoms with E-state index < -0.39 is 0 Å². The van der Waals surface area contributed by atoms with Gasteiger partial charge in [0.25, 0.3) is 0 Å². The summed E-state index contributed by atoms with van der Waals surface area (Å²) in [4.78, 5) is 3.07. The highest BCUT2D eigenvalue weighted by atomic mass is 15.3. The Morgan fingerprint density at radius 3 is 3.00 bits per heavy atom. The van der Waals surface area contributed by atoms with Crippen LogP contribution in [-0.4, -0.2) is 25.0 Å². The number of aromatic nitrogens is 5. The fraction of sp³-hybridized carbons (Fsp3) is 0.375. The average molecular weight is 294 g/mol. The van der Waals surface area contributed by atoms with Crippen LogP contribution in [0.3, 0.4) is 0 Å². The fourth-order valence-electron chi connectivity index (χ4n) is 2.56. The van der Waals surface area contributed by atoms with Crippen molar-refractivity contribution in [2.24, 2.45) is 0 Å². The van der Waals surface area contributed by atoms with Crippen molar-refractivity contribution in [1.29, 1.82) is 5.26 Å². The van der Waals surface area contributed by atoms with Crippen molar-refractivity contribution in [3.8, 4) is 17.2 Å². The SMILES string of the molecule is N#CCCCCCCn1cc(-c2cnnc3[nH]ccc23)cn1. The lowest BCUT2D eigenvalue weighted by molar-refractivity contribution is 0.537. The van der Waals surface area contributed by atoms with Crippen molar-refractivity contribution in [3.05, 3.63) is 30.9 Å². The zero-order valence-corrected chi connectivity index (χ0v) is 12.4. The van der Waals surface area contributed by atoms with Gasteiger partial charge in [-0.2, -0.15) is 15.5 Å². The maximum absolute atomic E-state index is 8.50. The van der Waals surface area contributed by atoms with Crippen LogP contribution in [0.2, 0.25) is 0 Å². The Kier molecular flexibility index (Phi) is 4.44. The van der Waals surface area contributed by atoms with Crippen LogP contribution in [0, 0.1) is 11.3 Å². The Bertz CT molecular complexity index is 779. The molecule has 0 aliphatic rings. The molecule has 22 heavy (non-hydrogen) atoms. The normalized spacial score (nSPS) is 10.9. The van der Waals surface area contributed by atoms with E-state index in [-0.39, 0.29) is 0 Å². The van der Waals surface area contributed by atoms with Crippen molar-refractivity contribution in [1.82, 2.24) is 25.0 Å². The quantitative estimate of drug-likeness (QED) is 0.678. The van der Waals surface area contributed by atoms with Gasteiger partial charge in [0.1, 0.15) is 0 Å². The third-order valence-corrected chi connectivity index (χ3v) is 3.73. The molecule has 112 valence electrons. The molecule has 3 aromatic heterocycles. The predicted molar refractivity (Wildman–Crippen MR) is 83.8 cm³/mol. The van der Waals surface area contributed by atoms with Crippen LogP contribution in [0.15, 0.2) is 30.9 Å². The molecule has 0 radical (unpaired) electrons. The molecule has 0 fully saturated rings. The van der Waals surface area contributed by atoms with E-state index >= 15 is 0 Å². The van der Waals surface area contributed by atoms with Crippen molar-refractivity contribution < 1.29 is 0 Å². The number of nitrogens with one attached hydrogen (secondary N) is 1. The Morgan fingerprint density at radius 2 is 2.09 bits per heavy atom. The Hall–Kier alpha value is -2.68. The van der Waals surface area contributed by atoms with E-state index in [1.54, 1.807) is 6.20 Å². The number of aromatic amines is 1. The zero-order valence-electron chi connectivity index (χ0n) is 12.4. The van der Waals surface area contributed by atoms with Crippen LogP contribution in [0.4, 0.5) is 0 Å². The third-order valence-electron chi connectivity index (χ3n) is 3.73. The molecule has 0 bridgehead atoms. The number of nitrogens with zero attached hydrogens (tertiary/aromatic N) is 5. The molecule has 0 aliphatic heterocycles. The number of hydrogen-bond acceptors (Lipinski definition) is 4. The van der Waals surface area contributed by atoms with E-state index in [0.717, 1.165) is 54.4 Å². The van der Waals surface area contributed by atoms with Gasteiger partial charge in [0, 0.05) is 41.9 Å². The van der Waals surface area contributed by atoms with Gasteiger partial charge in [0.05, 0.1) is 18.5 Å². The molecule has 0 saturated carbocycles. The van der Waals surface area contributed by atoms with Gasteiger partial charge in [-0.25, -0.2) is 0 Å². The third kappa shape index (κ3) is 3.14. The summed E-state index contributed by atoms with van der Waals surface area (Å²) in [5.41, 5.74) is 2.90. The standard InChI is InChI=1S/C16H18N6/c17-7-4-2-1-3-5-9-22-12-13(10-20-22)15-11-19-21-16-14(15)6-8-18-16/h6,8,10-12H,1-5,9H2,(H,18,21). The van der Waals surface area contributed by atoms with E-state index in [1.807, 2.05) is 23.1 Å². The van der Waals surface area contributed by atoms with Crippen molar-refractivity contribution >= 4 is 11.0 Å². The van der Waals surface area contributed by atoms with Crippen LogP contribution < -0.4 is 0 Å². The summed E-state index contributed by atoms with van der Waals surface area (Å²) < 4.78 is 1.97. The molecule has 3 rings (SSSR count). The Balaban J connectivity index is 1.62. The number of H-pyrrole nitrogens is 1. The van der Waals surface area contributed by atoms with Crippen molar-refractivity contribution in [3.63, 3.8) is 0 Å². The van der Waals surface area contributed by atoms with E-state index in [2.05, 4.69) is 32.5 Å². The second-order valence-corrected chi connectivity index (χ2v) is 5.31. The van der Waals surface area contributed by atoms with E-state index in [4.69, 9.17) is 5.26 Å². The number of aryl methyl sites for hydroxylation is 1. The minimum absolute atomic E-state index is 0.660. The molecule has 3 heterocycles. The maximum atomic E-state index is 8.50. The number of hydrogen-bond donors (Lipinski definition) is 1. The predicted octanol–water partition coefficient (Wildman–Crippen LogP) is 3.30. The molecule has 1 N–H and O–H groups in total. The molecule has 6 nitrogen and oxygen atoms in total. The molecule has 0 spiro atoms. The van der Waals surface area contributed by atoms with Gasteiger partial charge < -0.3 is 4.98 Å². The van der Waals surface area contributed by atoms with Gasteiger partial charge in [-0.1, -0.05) is 12.8 Å². The van der Waals surface area contributed by atoms with Crippen molar-refractivity contribution in [2.75, 3.05) is 0 Å². The van der Waals surface area contributed by atoms with Crippen LogP contribution in [-0.2, 0) is 6.54 Å². The number of rotatable bonds is 7. The molecule has 0 amide bonds. The number of fused-ring (bicyclic) bond motifs is 1. The minimum atomic E-state index is 0.660. The number of unbranched alkanes of at least 4 members (excludes halogenated alkanes) is 4. The largest absolute Gasteiger partial charge is 0.345 e. The van der Waals surface area contributed by atoms with Crippen molar-refractivity contribution in [2.45, 2.75) is 38.6 Å². The van der Waals surface area contributed by atoms with Gasteiger partial charge in [0.15, 0.2) is 5.65 Å². The molecule has 0 aromatic carbocycles. The van der Waals surface area contributed by atoms with Gasteiger partial charge >= 0.3 is 0 Å². The van der Waals surface area contributed by atoms with Gasteiger partial charge in [-0.05, 0) is 18.9 Å². The second-order valence-electron chi connectivity index (χ2n) is 5.31. The first kappa shape index (κ1) is 14.3. The topological polar surface area (TPSA) is 83.2 Å². The second kappa shape index (κ2) is 6.85. The summed E-state index contributed by atoms with van der Waals surface area (Å²) in [6.45, 7) is 0.904. The molecular formula is C16H18N6. The highest BCUT2D eigenvalue weighted by Gasteiger charge is 2.08. The summed E-state index contributed by atoms with van der Waals surface area (Å²) in [5, 5.41) is 22.1. The summed E-state index contributed by atoms with van der Waals surface area (Å²) in [6, 6.07) is 4.18. The first-order valence-corrected chi connectivity index (χ1v) is 7.57. The molecule has 0 atom stereocenters. The molecule has 0 aliphatic carbocycles. The summed E-state index contributed by atoms with van der Waals surface area (Å²) in [7, 11) is 0. The van der Waals surface area contributed by atoms with Crippen LogP contribution in [0.5, 0.6) is 0 Å². The Morgan fingerprint density at radius 1 is 1.18 bits per heavy atom. The first-order chi connectivity index (χ1) is 10.9. The molecular weight excluding hydrogens is 276 g/mol. The van der Waals surface area contributed by atoms with E-state index in [9.17, 15) is 0 Å². The maximum Gasteiger partial charge on any atom is 0.160 e. The summed E-state index contributed by atoms with van der Waals surface area (Å²) >= 11 is 0. The van der Waals surface area contributed by atoms with E-state index in [1.165, 1.54) is 0 Å². The van der Waals surface area contributed by atoms with Crippen LogP contribution in [0.25, 0.3) is 22.2 Å². The lowest BCUT2D eigenvalue weighted by Crippen LogP contribution is -1.97. The highest BCUT2D eigenvalue weighted by Crippen LogP contribution is 2.25. The van der Waals surface area contributed by atoms with E-state index in [0.29, 0.717) is 6.42 Å².